The molecule has 1 heterocycles. The fraction of sp³-hybridized carbons (Fsp3) is 0.680. The Hall–Kier alpha value is -2.48. The van der Waals surface area contributed by atoms with Gasteiger partial charge in [0.05, 0.1) is 79.3 Å². The van der Waals surface area contributed by atoms with Crippen LogP contribution < -0.4 is 9.47 Å². The first-order valence-corrected chi connectivity index (χ1v) is 12.4. The maximum absolute atomic E-state index is 11.6. The van der Waals surface area contributed by atoms with Gasteiger partial charge >= 0.3 is 11.9 Å². The summed E-state index contributed by atoms with van der Waals surface area (Å²) >= 11 is 0. The van der Waals surface area contributed by atoms with Crippen LogP contribution in [-0.4, -0.2) is 118 Å². The second-order valence-electron chi connectivity index (χ2n) is 7.44. The van der Waals surface area contributed by atoms with Crippen LogP contribution in [0, 0.1) is 0 Å². The number of hydrogen-bond acceptors (Lipinski definition) is 12. The van der Waals surface area contributed by atoms with Crippen molar-refractivity contribution in [1.82, 2.24) is 0 Å². The summed E-state index contributed by atoms with van der Waals surface area (Å²) in [6.45, 7) is 5.14. The molecule has 0 unspecified atom stereocenters. The van der Waals surface area contributed by atoms with E-state index in [0.29, 0.717) is 90.8 Å². The standard InChI is InChI=1S/C25H38O12/c26-24-21-25(27)37-20-16-33-12-8-29-6-10-31-14-18-35-23-4-2-1-3-22(23)34-17-13-30-9-5-28-7-11-32-15-19-36-24/h1-4H,5-21H2. The first-order valence-electron chi connectivity index (χ1n) is 12.4. The van der Waals surface area contributed by atoms with Crippen molar-refractivity contribution in [2.45, 2.75) is 6.42 Å². The van der Waals surface area contributed by atoms with Gasteiger partial charge < -0.3 is 47.4 Å². The highest BCUT2D eigenvalue weighted by Crippen LogP contribution is 2.26. The highest BCUT2D eigenvalue weighted by molar-refractivity contribution is 5.91. The highest BCUT2D eigenvalue weighted by Gasteiger charge is 2.12. The number of carbonyl (C=O) groups excluding carboxylic acids is 2. The van der Waals surface area contributed by atoms with Crippen LogP contribution in [0.4, 0.5) is 0 Å². The van der Waals surface area contributed by atoms with Gasteiger partial charge in [0.25, 0.3) is 0 Å². The van der Waals surface area contributed by atoms with E-state index in [1.54, 1.807) is 0 Å². The number of rotatable bonds is 0. The van der Waals surface area contributed by atoms with E-state index in [4.69, 9.17) is 47.4 Å². The second-order valence-corrected chi connectivity index (χ2v) is 7.44. The third-order valence-corrected chi connectivity index (χ3v) is 4.58. The number of fused-ring (bicyclic) bond motifs is 1. The fourth-order valence-corrected chi connectivity index (χ4v) is 2.84. The number of carbonyl (C=O) groups is 2. The molecule has 0 saturated heterocycles. The van der Waals surface area contributed by atoms with E-state index in [9.17, 15) is 9.59 Å². The number of ether oxygens (including phenoxy) is 10. The van der Waals surface area contributed by atoms with Crippen molar-refractivity contribution in [1.29, 1.82) is 0 Å². The maximum atomic E-state index is 11.6. The maximum Gasteiger partial charge on any atom is 0.317 e. The van der Waals surface area contributed by atoms with Crippen LogP contribution in [0.3, 0.4) is 0 Å². The lowest BCUT2D eigenvalue weighted by Crippen LogP contribution is -2.19. The molecule has 0 N–H and O–H groups in total. The van der Waals surface area contributed by atoms with E-state index in [2.05, 4.69) is 0 Å². The zero-order valence-electron chi connectivity index (χ0n) is 21.2. The molecule has 0 amide bonds. The minimum Gasteiger partial charge on any atom is -0.487 e. The van der Waals surface area contributed by atoms with Crippen LogP contribution in [0.25, 0.3) is 0 Å². The van der Waals surface area contributed by atoms with Gasteiger partial charge in [0.2, 0.25) is 0 Å². The van der Waals surface area contributed by atoms with Gasteiger partial charge in [0.15, 0.2) is 11.5 Å². The quantitative estimate of drug-likeness (QED) is 0.351. The number of para-hydroxylation sites is 2. The first kappa shape index (κ1) is 30.7. The molecule has 0 bridgehead atoms. The summed E-state index contributed by atoms with van der Waals surface area (Å²) in [5.41, 5.74) is 0. The third-order valence-electron chi connectivity index (χ3n) is 4.58. The molecule has 210 valence electrons. The Morgan fingerprint density at radius 3 is 0.973 bits per heavy atom. The molecule has 12 nitrogen and oxygen atoms in total. The van der Waals surface area contributed by atoms with E-state index in [1.807, 2.05) is 24.3 Å². The Morgan fingerprint density at radius 1 is 0.378 bits per heavy atom. The Morgan fingerprint density at radius 2 is 0.649 bits per heavy atom. The van der Waals surface area contributed by atoms with Crippen molar-refractivity contribution in [3.05, 3.63) is 24.3 Å². The summed E-state index contributed by atoms with van der Waals surface area (Å²) in [5.74, 6) is -0.0712. The minimum absolute atomic E-state index is 0.0392. The van der Waals surface area contributed by atoms with Crippen molar-refractivity contribution in [3.8, 4) is 11.5 Å². The molecule has 0 fully saturated rings. The average Bonchev–Trinajstić information content (AvgIpc) is 2.89. The summed E-state index contributed by atoms with van der Waals surface area (Å²) in [6.07, 6.45) is -0.464. The molecule has 0 spiro atoms. The van der Waals surface area contributed by atoms with Crippen molar-refractivity contribution in [2.75, 3.05) is 106 Å². The summed E-state index contributed by atoms with van der Waals surface area (Å²) in [5, 5.41) is 0. The Balaban J connectivity index is 1.66. The monoisotopic (exact) mass is 530 g/mol. The molecule has 0 radical (unpaired) electrons. The van der Waals surface area contributed by atoms with Crippen molar-refractivity contribution >= 4 is 11.9 Å². The molecule has 12 heteroatoms. The van der Waals surface area contributed by atoms with E-state index in [-0.39, 0.29) is 26.4 Å². The van der Waals surface area contributed by atoms with Crippen molar-refractivity contribution in [3.63, 3.8) is 0 Å². The molecule has 0 aliphatic carbocycles. The molecular formula is C25H38O12. The molecule has 1 aliphatic heterocycles. The van der Waals surface area contributed by atoms with Crippen LogP contribution in [-0.2, 0) is 47.5 Å². The number of cyclic esters (lactones) is 2. The van der Waals surface area contributed by atoms with Gasteiger partial charge in [0.1, 0.15) is 32.8 Å². The number of hydrogen-bond donors (Lipinski definition) is 0. The Kier molecular flexibility index (Phi) is 17.9. The third kappa shape index (κ3) is 16.8. The van der Waals surface area contributed by atoms with Gasteiger partial charge in [0, 0.05) is 0 Å². The second kappa shape index (κ2) is 21.6. The lowest BCUT2D eigenvalue weighted by atomic mass is 10.3. The molecule has 1 aromatic carbocycles. The summed E-state index contributed by atoms with van der Waals surface area (Å²) in [7, 11) is 0. The Bertz CT molecular complexity index is 670. The topological polar surface area (TPSA) is 126 Å². The lowest BCUT2D eigenvalue weighted by molar-refractivity contribution is -0.156. The SMILES string of the molecule is O=C1CC(=O)OCCOCCOCCOCCOc2ccccc2OCCOCCOCCOCCO1. The minimum atomic E-state index is -0.673. The predicted molar refractivity (Wildman–Crippen MR) is 129 cm³/mol. The van der Waals surface area contributed by atoms with Gasteiger partial charge in [-0.05, 0) is 12.1 Å². The summed E-state index contributed by atoms with van der Waals surface area (Å²) in [6, 6.07) is 7.43. The predicted octanol–water partition coefficient (Wildman–Crippen LogP) is 1.03. The van der Waals surface area contributed by atoms with Crippen LogP contribution in [0.5, 0.6) is 11.5 Å². The molecule has 0 atom stereocenters. The fourth-order valence-electron chi connectivity index (χ4n) is 2.84. The van der Waals surface area contributed by atoms with E-state index < -0.39 is 18.4 Å². The molecular weight excluding hydrogens is 492 g/mol. The lowest BCUT2D eigenvalue weighted by Gasteiger charge is -2.13. The van der Waals surface area contributed by atoms with Gasteiger partial charge in [-0.3, -0.25) is 9.59 Å². The normalized spacial score (nSPS) is 20.5. The summed E-state index contributed by atoms with van der Waals surface area (Å²) < 4.78 is 53.9. The van der Waals surface area contributed by atoms with Gasteiger partial charge in [-0.1, -0.05) is 12.1 Å². The van der Waals surface area contributed by atoms with Crippen LogP contribution in [0.2, 0.25) is 0 Å². The van der Waals surface area contributed by atoms with E-state index >= 15 is 0 Å². The largest absolute Gasteiger partial charge is 0.487 e. The Labute approximate surface area is 217 Å². The van der Waals surface area contributed by atoms with Gasteiger partial charge in [-0.2, -0.15) is 0 Å². The smallest absolute Gasteiger partial charge is 0.317 e. The molecule has 0 saturated carbocycles. The average molecular weight is 531 g/mol. The first-order chi connectivity index (χ1) is 18.3. The molecule has 1 aliphatic rings. The number of benzene rings is 1. The number of esters is 2. The van der Waals surface area contributed by atoms with E-state index in [1.165, 1.54) is 0 Å². The van der Waals surface area contributed by atoms with E-state index in [0.717, 1.165) is 0 Å². The van der Waals surface area contributed by atoms with Gasteiger partial charge in [-0.25, -0.2) is 0 Å². The van der Waals surface area contributed by atoms with Crippen LogP contribution in [0.1, 0.15) is 6.42 Å². The molecule has 0 aromatic heterocycles. The van der Waals surface area contributed by atoms with Crippen molar-refractivity contribution in [2.24, 2.45) is 0 Å². The zero-order valence-corrected chi connectivity index (χ0v) is 21.2. The highest BCUT2D eigenvalue weighted by atomic mass is 16.6. The molecule has 2 rings (SSSR count). The molecule has 37 heavy (non-hydrogen) atoms. The van der Waals surface area contributed by atoms with Gasteiger partial charge in [-0.15, -0.1) is 0 Å². The summed E-state index contributed by atoms with van der Waals surface area (Å²) in [4.78, 5) is 23.3. The van der Waals surface area contributed by atoms with Crippen LogP contribution in [0.15, 0.2) is 24.3 Å². The zero-order chi connectivity index (χ0) is 26.2. The molecule has 1 aromatic rings. The van der Waals surface area contributed by atoms with Crippen molar-refractivity contribution < 1.29 is 57.0 Å². The van der Waals surface area contributed by atoms with Crippen LogP contribution >= 0.6 is 0 Å².